The van der Waals surface area contributed by atoms with Crippen molar-refractivity contribution in [3.63, 3.8) is 0 Å². The highest BCUT2D eigenvalue weighted by atomic mass is 15.3. The number of hydrogen-bond donors (Lipinski definition) is 2. The minimum absolute atomic E-state index is 0.455. The number of benzene rings is 1. The first-order chi connectivity index (χ1) is 13.5. The maximum Gasteiger partial charge on any atom is 0.191 e. The summed E-state index contributed by atoms with van der Waals surface area (Å²) >= 11 is 0. The van der Waals surface area contributed by atoms with Crippen LogP contribution in [-0.4, -0.2) is 74.7 Å². The Hall–Kier alpha value is -1.59. The van der Waals surface area contributed by atoms with Gasteiger partial charge in [0.05, 0.1) is 0 Å². The second-order valence-electron chi connectivity index (χ2n) is 8.25. The van der Waals surface area contributed by atoms with E-state index in [-0.39, 0.29) is 0 Å². The van der Waals surface area contributed by atoms with Gasteiger partial charge in [-0.3, -0.25) is 4.99 Å². The molecule has 0 aliphatic carbocycles. The Bertz CT molecular complexity index is 575. The Morgan fingerprint density at radius 1 is 1.00 bits per heavy atom. The minimum atomic E-state index is 0.455. The monoisotopic (exact) mass is 387 g/mol. The van der Waals surface area contributed by atoms with Crippen LogP contribution in [0.3, 0.4) is 0 Å². The molecule has 1 fully saturated rings. The van der Waals surface area contributed by atoms with Crippen LogP contribution in [0, 0.1) is 12.8 Å². The summed E-state index contributed by atoms with van der Waals surface area (Å²) in [5.74, 6) is 1.96. The molecule has 2 atom stereocenters. The number of rotatable bonds is 9. The zero-order chi connectivity index (χ0) is 20.4. The van der Waals surface area contributed by atoms with Crippen LogP contribution in [0.15, 0.2) is 29.3 Å². The van der Waals surface area contributed by atoms with E-state index in [9.17, 15) is 0 Å². The molecular weight excluding hydrogens is 346 g/mol. The summed E-state index contributed by atoms with van der Waals surface area (Å²) in [6.45, 7) is 20.8. The van der Waals surface area contributed by atoms with Gasteiger partial charge in [-0.25, -0.2) is 0 Å². The lowest BCUT2D eigenvalue weighted by atomic mass is 10.0. The first-order valence-corrected chi connectivity index (χ1v) is 11.0. The molecule has 5 heteroatoms. The van der Waals surface area contributed by atoms with Crippen LogP contribution in [0.4, 0.5) is 0 Å². The molecule has 1 aliphatic rings. The molecule has 1 saturated heterocycles. The van der Waals surface area contributed by atoms with Crippen molar-refractivity contribution in [1.29, 1.82) is 0 Å². The van der Waals surface area contributed by atoms with Gasteiger partial charge in [-0.15, -0.1) is 0 Å². The second kappa shape index (κ2) is 12.1. The lowest BCUT2D eigenvalue weighted by Gasteiger charge is -2.35. The van der Waals surface area contributed by atoms with E-state index in [0.717, 1.165) is 32.1 Å². The number of likely N-dealkylation sites (N-methyl/N-ethyl adjacent to an activating group) is 1. The van der Waals surface area contributed by atoms with Gasteiger partial charge in [0.1, 0.15) is 0 Å². The van der Waals surface area contributed by atoms with Crippen LogP contribution >= 0.6 is 0 Å². The summed E-state index contributed by atoms with van der Waals surface area (Å²) in [4.78, 5) is 9.97. The number of nitrogens with one attached hydrogen (secondary N) is 2. The van der Waals surface area contributed by atoms with Gasteiger partial charge in [-0.2, -0.15) is 0 Å². The van der Waals surface area contributed by atoms with Crippen molar-refractivity contribution >= 4 is 5.96 Å². The third-order valence-corrected chi connectivity index (χ3v) is 5.61. The molecule has 28 heavy (non-hydrogen) atoms. The van der Waals surface area contributed by atoms with Gasteiger partial charge in [0.25, 0.3) is 0 Å². The molecule has 2 unspecified atom stereocenters. The number of piperazine rings is 1. The van der Waals surface area contributed by atoms with E-state index in [0.29, 0.717) is 11.8 Å². The zero-order valence-electron chi connectivity index (χ0n) is 18.7. The number of guanidine groups is 1. The molecule has 1 aliphatic heterocycles. The highest BCUT2D eigenvalue weighted by Crippen LogP contribution is 2.14. The number of hydrogen-bond acceptors (Lipinski definition) is 3. The summed E-state index contributed by atoms with van der Waals surface area (Å²) in [7, 11) is 0. The maximum atomic E-state index is 4.85. The quantitative estimate of drug-likeness (QED) is 0.505. The topological polar surface area (TPSA) is 42.9 Å². The first kappa shape index (κ1) is 22.7. The average molecular weight is 388 g/mol. The Balaban J connectivity index is 1.78. The Morgan fingerprint density at radius 2 is 1.64 bits per heavy atom. The summed E-state index contributed by atoms with van der Waals surface area (Å²) < 4.78 is 0. The Labute approximate surface area is 172 Å². The molecule has 0 saturated carbocycles. The van der Waals surface area contributed by atoms with Gasteiger partial charge >= 0.3 is 0 Å². The van der Waals surface area contributed by atoms with Gasteiger partial charge in [-0.05, 0) is 37.8 Å². The summed E-state index contributed by atoms with van der Waals surface area (Å²) in [6.07, 6.45) is 0. The van der Waals surface area contributed by atoms with Crippen molar-refractivity contribution < 1.29 is 0 Å². The summed E-state index contributed by atoms with van der Waals surface area (Å²) in [6, 6.07) is 8.83. The van der Waals surface area contributed by atoms with Gasteiger partial charge < -0.3 is 20.4 Å². The number of aryl methyl sites for hydroxylation is 1. The van der Waals surface area contributed by atoms with E-state index in [4.69, 9.17) is 4.99 Å². The molecule has 2 rings (SSSR count). The van der Waals surface area contributed by atoms with E-state index in [2.05, 4.69) is 79.3 Å². The van der Waals surface area contributed by atoms with Crippen LogP contribution in [0.2, 0.25) is 0 Å². The summed E-state index contributed by atoms with van der Waals surface area (Å²) in [5, 5.41) is 6.91. The van der Waals surface area contributed by atoms with Gasteiger partial charge in [0.15, 0.2) is 5.96 Å². The smallest absolute Gasteiger partial charge is 0.191 e. The van der Waals surface area contributed by atoms with E-state index < -0.39 is 0 Å². The van der Waals surface area contributed by atoms with E-state index in [1.54, 1.807) is 0 Å². The van der Waals surface area contributed by atoms with Gasteiger partial charge in [0, 0.05) is 52.4 Å². The van der Waals surface area contributed by atoms with E-state index >= 15 is 0 Å². The molecule has 0 radical (unpaired) electrons. The average Bonchev–Trinajstić information content (AvgIpc) is 2.71. The molecular formula is C23H41N5. The predicted molar refractivity (Wildman–Crippen MR) is 121 cm³/mol. The molecule has 5 nitrogen and oxygen atoms in total. The molecule has 1 aromatic rings. The van der Waals surface area contributed by atoms with Gasteiger partial charge in [0.2, 0.25) is 0 Å². The molecule has 0 spiro atoms. The van der Waals surface area contributed by atoms with Crippen molar-refractivity contribution in [2.24, 2.45) is 10.9 Å². The number of nitrogens with zero attached hydrogens (tertiary/aromatic N) is 3. The number of aliphatic imine (C=N–C) groups is 1. The SMILES string of the molecule is CCNC(=NCC(C)CN1CCN(CC)CC1)NCC(C)c1ccc(C)cc1. The lowest BCUT2D eigenvalue weighted by Crippen LogP contribution is -2.47. The standard InChI is InChI=1S/C23H41N5/c1-6-24-23(26-17-21(5)22-10-8-19(3)9-11-22)25-16-20(4)18-28-14-12-27(7-2)13-15-28/h8-11,20-21H,6-7,12-18H2,1-5H3,(H2,24,25,26). The molecule has 0 amide bonds. The minimum Gasteiger partial charge on any atom is -0.357 e. The normalized spacial score (nSPS) is 18.7. The van der Waals surface area contributed by atoms with Crippen LogP contribution < -0.4 is 10.6 Å². The Kier molecular flexibility index (Phi) is 9.79. The molecule has 1 aromatic carbocycles. The third-order valence-electron chi connectivity index (χ3n) is 5.61. The molecule has 0 bridgehead atoms. The second-order valence-corrected chi connectivity index (χ2v) is 8.25. The fourth-order valence-electron chi connectivity index (χ4n) is 3.64. The highest BCUT2D eigenvalue weighted by molar-refractivity contribution is 5.79. The maximum absolute atomic E-state index is 4.85. The summed E-state index contributed by atoms with van der Waals surface area (Å²) in [5.41, 5.74) is 2.68. The van der Waals surface area contributed by atoms with Crippen molar-refractivity contribution in [2.75, 3.05) is 58.9 Å². The molecule has 1 heterocycles. The van der Waals surface area contributed by atoms with Crippen molar-refractivity contribution in [2.45, 2.75) is 40.5 Å². The van der Waals surface area contributed by atoms with E-state index in [1.807, 2.05) is 0 Å². The van der Waals surface area contributed by atoms with Crippen molar-refractivity contribution in [3.8, 4) is 0 Å². The largest absolute Gasteiger partial charge is 0.357 e. The highest BCUT2D eigenvalue weighted by Gasteiger charge is 2.17. The first-order valence-electron chi connectivity index (χ1n) is 11.0. The third kappa shape index (κ3) is 7.80. The van der Waals surface area contributed by atoms with Crippen LogP contribution in [-0.2, 0) is 0 Å². The fraction of sp³-hybridized carbons (Fsp3) is 0.696. The van der Waals surface area contributed by atoms with Gasteiger partial charge in [-0.1, -0.05) is 50.6 Å². The van der Waals surface area contributed by atoms with E-state index in [1.165, 1.54) is 43.9 Å². The Morgan fingerprint density at radius 3 is 2.25 bits per heavy atom. The lowest BCUT2D eigenvalue weighted by molar-refractivity contribution is 0.125. The van der Waals surface area contributed by atoms with Crippen LogP contribution in [0.5, 0.6) is 0 Å². The molecule has 2 N–H and O–H groups in total. The molecule has 158 valence electrons. The predicted octanol–water partition coefficient (Wildman–Crippen LogP) is 2.93. The fourth-order valence-corrected chi connectivity index (χ4v) is 3.64. The van der Waals surface area contributed by atoms with Crippen molar-refractivity contribution in [1.82, 2.24) is 20.4 Å². The van der Waals surface area contributed by atoms with Crippen molar-refractivity contribution in [3.05, 3.63) is 35.4 Å². The van der Waals surface area contributed by atoms with Crippen LogP contribution in [0.25, 0.3) is 0 Å². The van der Waals surface area contributed by atoms with Crippen LogP contribution in [0.1, 0.15) is 44.7 Å². The zero-order valence-corrected chi connectivity index (χ0v) is 18.7. The molecule has 0 aromatic heterocycles.